The lowest BCUT2D eigenvalue weighted by Crippen LogP contribution is -2.35. The number of hydrogen-bond donors (Lipinski definition) is 1. The molecule has 1 heterocycles. The number of amides is 1. The van der Waals surface area contributed by atoms with Crippen LogP contribution in [0.5, 0.6) is 11.5 Å². The van der Waals surface area contributed by atoms with Crippen molar-refractivity contribution in [3.05, 3.63) is 59.2 Å². The van der Waals surface area contributed by atoms with Gasteiger partial charge in [0.2, 0.25) is 6.79 Å². The van der Waals surface area contributed by atoms with Crippen LogP contribution in [0.25, 0.3) is 0 Å². The summed E-state index contributed by atoms with van der Waals surface area (Å²) in [6.45, 7) is 1.95. The van der Waals surface area contributed by atoms with Crippen molar-refractivity contribution in [3.63, 3.8) is 0 Å². The van der Waals surface area contributed by atoms with Crippen molar-refractivity contribution in [2.24, 2.45) is 0 Å². The highest BCUT2D eigenvalue weighted by Crippen LogP contribution is 2.32. The van der Waals surface area contributed by atoms with E-state index < -0.39 is 18.0 Å². The summed E-state index contributed by atoms with van der Waals surface area (Å²) in [7, 11) is 0. The summed E-state index contributed by atoms with van der Waals surface area (Å²) in [6, 6.07) is 14.1. The number of hydrogen-bond acceptors (Lipinski definition) is 6. The SMILES string of the molecule is C[C@@H](OC(=O)c1ccccc1CC#N)C(=O)NCc1ccc2c(c1)OCO2. The Morgan fingerprint density at radius 3 is 2.81 bits per heavy atom. The van der Waals surface area contributed by atoms with Gasteiger partial charge < -0.3 is 19.5 Å². The highest BCUT2D eigenvalue weighted by molar-refractivity contribution is 5.93. The molecular weight excluding hydrogens is 348 g/mol. The Kier molecular flexibility index (Phi) is 5.57. The number of carbonyl (C=O) groups is 2. The molecule has 1 N–H and O–H groups in total. The van der Waals surface area contributed by atoms with E-state index in [0.717, 1.165) is 5.56 Å². The van der Waals surface area contributed by atoms with Crippen molar-refractivity contribution >= 4 is 11.9 Å². The lowest BCUT2D eigenvalue weighted by molar-refractivity contribution is -0.129. The van der Waals surface area contributed by atoms with Crippen molar-refractivity contribution in [2.45, 2.75) is 26.0 Å². The maximum absolute atomic E-state index is 12.3. The molecule has 1 amide bonds. The summed E-state index contributed by atoms with van der Waals surface area (Å²) in [5.41, 5.74) is 1.69. The minimum atomic E-state index is -0.971. The maximum Gasteiger partial charge on any atom is 0.339 e. The van der Waals surface area contributed by atoms with Gasteiger partial charge in [0.15, 0.2) is 17.6 Å². The van der Waals surface area contributed by atoms with Crippen LogP contribution in [0.4, 0.5) is 0 Å². The molecule has 0 aliphatic carbocycles. The van der Waals surface area contributed by atoms with Crippen LogP contribution in [0.1, 0.15) is 28.4 Å². The van der Waals surface area contributed by atoms with Gasteiger partial charge in [-0.05, 0) is 36.2 Å². The third-order valence-corrected chi connectivity index (χ3v) is 4.06. The lowest BCUT2D eigenvalue weighted by atomic mass is 10.1. The second kappa shape index (κ2) is 8.23. The second-order valence-corrected chi connectivity index (χ2v) is 5.94. The number of nitrogens with zero attached hydrogens (tertiary/aromatic N) is 1. The van der Waals surface area contributed by atoms with Crippen molar-refractivity contribution in [1.29, 1.82) is 5.26 Å². The topological polar surface area (TPSA) is 97.7 Å². The van der Waals surface area contributed by atoms with E-state index in [1.165, 1.54) is 6.92 Å². The van der Waals surface area contributed by atoms with Gasteiger partial charge in [0.05, 0.1) is 18.1 Å². The molecule has 0 unspecified atom stereocenters. The van der Waals surface area contributed by atoms with E-state index in [-0.39, 0.29) is 25.3 Å². The van der Waals surface area contributed by atoms with E-state index in [9.17, 15) is 9.59 Å². The number of carbonyl (C=O) groups excluding carboxylic acids is 2. The fraction of sp³-hybridized carbons (Fsp3) is 0.250. The maximum atomic E-state index is 12.3. The van der Waals surface area contributed by atoms with Crippen molar-refractivity contribution in [3.8, 4) is 17.6 Å². The molecule has 0 fully saturated rings. The van der Waals surface area contributed by atoms with Crippen LogP contribution < -0.4 is 14.8 Å². The zero-order valence-electron chi connectivity index (χ0n) is 14.7. The Bertz CT molecular complexity index is 903. The lowest BCUT2D eigenvalue weighted by Gasteiger charge is -2.14. The summed E-state index contributed by atoms with van der Waals surface area (Å²) >= 11 is 0. The standard InChI is InChI=1S/C20H18N2O5/c1-13(27-20(24)16-5-3-2-4-15(16)8-9-21)19(23)22-11-14-6-7-17-18(10-14)26-12-25-17/h2-7,10,13H,8,11-12H2,1H3,(H,22,23)/t13-/m1/s1. The van der Waals surface area contributed by atoms with Gasteiger partial charge in [-0.25, -0.2) is 4.79 Å². The van der Waals surface area contributed by atoms with Crippen LogP contribution in [-0.2, 0) is 22.5 Å². The minimum absolute atomic E-state index is 0.0932. The first-order chi connectivity index (χ1) is 13.1. The zero-order valence-corrected chi connectivity index (χ0v) is 14.7. The number of ether oxygens (including phenoxy) is 3. The molecule has 2 aromatic carbocycles. The summed E-state index contributed by atoms with van der Waals surface area (Å²) in [6.07, 6.45) is -0.877. The van der Waals surface area contributed by atoms with Crippen LogP contribution in [-0.4, -0.2) is 24.8 Å². The predicted octanol–water partition coefficient (Wildman–Crippen LogP) is 2.34. The third-order valence-electron chi connectivity index (χ3n) is 4.06. The van der Waals surface area contributed by atoms with Gasteiger partial charge >= 0.3 is 5.97 Å². The van der Waals surface area contributed by atoms with Crippen LogP contribution in [0.2, 0.25) is 0 Å². The fourth-order valence-corrected chi connectivity index (χ4v) is 2.62. The van der Waals surface area contributed by atoms with Gasteiger partial charge in [-0.3, -0.25) is 4.79 Å². The van der Waals surface area contributed by atoms with Crippen molar-refractivity contribution in [1.82, 2.24) is 5.32 Å². The van der Waals surface area contributed by atoms with E-state index in [0.29, 0.717) is 17.1 Å². The minimum Gasteiger partial charge on any atom is -0.454 e. The molecule has 7 heteroatoms. The second-order valence-electron chi connectivity index (χ2n) is 5.94. The molecule has 3 rings (SSSR count). The molecule has 2 aromatic rings. The van der Waals surface area contributed by atoms with Crippen LogP contribution in [0, 0.1) is 11.3 Å². The number of fused-ring (bicyclic) bond motifs is 1. The summed E-state index contributed by atoms with van der Waals surface area (Å²) < 4.78 is 15.8. The first-order valence-electron chi connectivity index (χ1n) is 8.40. The summed E-state index contributed by atoms with van der Waals surface area (Å²) in [5, 5.41) is 11.6. The van der Waals surface area contributed by atoms with Gasteiger partial charge in [-0.15, -0.1) is 0 Å². The Morgan fingerprint density at radius 2 is 2.00 bits per heavy atom. The first kappa shape index (κ1) is 18.3. The van der Waals surface area contributed by atoms with Crippen LogP contribution in [0.15, 0.2) is 42.5 Å². The number of benzene rings is 2. The van der Waals surface area contributed by atoms with E-state index in [1.807, 2.05) is 12.1 Å². The molecule has 0 saturated heterocycles. The Morgan fingerprint density at radius 1 is 1.22 bits per heavy atom. The van der Waals surface area contributed by atoms with E-state index in [2.05, 4.69) is 5.32 Å². The largest absolute Gasteiger partial charge is 0.454 e. The number of nitrogens with one attached hydrogen (secondary N) is 1. The highest BCUT2D eigenvalue weighted by atomic mass is 16.7. The van der Waals surface area contributed by atoms with Gasteiger partial charge in [-0.2, -0.15) is 5.26 Å². The number of nitriles is 1. The summed E-state index contributed by atoms with van der Waals surface area (Å²) in [4.78, 5) is 24.5. The molecule has 0 spiro atoms. The van der Waals surface area contributed by atoms with Gasteiger partial charge in [-0.1, -0.05) is 24.3 Å². The van der Waals surface area contributed by atoms with Crippen molar-refractivity contribution in [2.75, 3.05) is 6.79 Å². The molecular formula is C20H18N2O5. The Labute approximate surface area is 156 Å². The van der Waals surface area contributed by atoms with Crippen LogP contribution >= 0.6 is 0 Å². The molecule has 1 aliphatic heterocycles. The first-order valence-corrected chi connectivity index (χ1v) is 8.40. The third kappa shape index (κ3) is 4.36. The van der Waals surface area contributed by atoms with Gasteiger partial charge in [0, 0.05) is 6.54 Å². The molecule has 0 saturated carbocycles. The average Bonchev–Trinajstić information content (AvgIpc) is 3.14. The van der Waals surface area contributed by atoms with Crippen molar-refractivity contribution < 1.29 is 23.8 Å². The van der Waals surface area contributed by atoms with Crippen LogP contribution in [0.3, 0.4) is 0 Å². The fourth-order valence-electron chi connectivity index (χ4n) is 2.62. The molecule has 0 radical (unpaired) electrons. The highest BCUT2D eigenvalue weighted by Gasteiger charge is 2.21. The van der Waals surface area contributed by atoms with E-state index in [1.54, 1.807) is 36.4 Å². The summed E-state index contributed by atoms with van der Waals surface area (Å²) in [5.74, 6) is 0.254. The Balaban J connectivity index is 1.56. The predicted molar refractivity (Wildman–Crippen MR) is 95.0 cm³/mol. The molecule has 0 aromatic heterocycles. The van der Waals surface area contributed by atoms with Gasteiger partial charge in [0.25, 0.3) is 5.91 Å². The monoisotopic (exact) mass is 366 g/mol. The molecule has 1 aliphatic rings. The molecule has 138 valence electrons. The molecule has 27 heavy (non-hydrogen) atoms. The van der Waals surface area contributed by atoms with E-state index in [4.69, 9.17) is 19.5 Å². The normalized spacial score (nSPS) is 12.7. The quantitative estimate of drug-likeness (QED) is 0.788. The smallest absolute Gasteiger partial charge is 0.339 e. The average molecular weight is 366 g/mol. The number of esters is 1. The van der Waals surface area contributed by atoms with Gasteiger partial charge in [0.1, 0.15) is 0 Å². The zero-order chi connectivity index (χ0) is 19.2. The number of rotatable bonds is 6. The molecule has 7 nitrogen and oxygen atoms in total. The van der Waals surface area contributed by atoms with E-state index >= 15 is 0 Å². The Hall–Kier alpha value is -3.53. The molecule has 1 atom stereocenters. The molecule has 0 bridgehead atoms.